The number of rotatable bonds is 6. The van der Waals surface area contributed by atoms with Crippen LogP contribution in [0.3, 0.4) is 0 Å². The molecule has 4 aliphatic carbocycles. The number of ether oxygens (including phenoxy) is 3. The highest BCUT2D eigenvalue weighted by atomic mass is 16.5. The van der Waals surface area contributed by atoms with E-state index >= 15 is 0 Å². The van der Waals surface area contributed by atoms with Crippen LogP contribution in [0.2, 0.25) is 0 Å². The molecule has 0 unspecified atom stereocenters. The summed E-state index contributed by atoms with van der Waals surface area (Å²) in [6.07, 6.45) is 7.25. The fraction of sp³-hybridized carbons (Fsp3) is 0.828. The van der Waals surface area contributed by atoms with Gasteiger partial charge in [0.15, 0.2) is 0 Å². The zero-order valence-corrected chi connectivity index (χ0v) is 23.0. The van der Waals surface area contributed by atoms with Crippen molar-refractivity contribution < 1.29 is 38.8 Å². The van der Waals surface area contributed by atoms with Crippen molar-refractivity contribution in [1.29, 1.82) is 0 Å². The summed E-state index contributed by atoms with van der Waals surface area (Å²) < 4.78 is 16.0. The zero-order chi connectivity index (χ0) is 27.2. The van der Waals surface area contributed by atoms with E-state index in [-0.39, 0.29) is 48.5 Å². The van der Waals surface area contributed by atoms with Crippen molar-refractivity contribution in [3.63, 3.8) is 0 Å². The summed E-state index contributed by atoms with van der Waals surface area (Å²) >= 11 is 0. The smallest absolute Gasteiger partial charge is 0.330 e. The second kappa shape index (κ2) is 9.99. The van der Waals surface area contributed by atoms with Gasteiger partial charge in [0.1, 0.15) is 12.7 Å². The van der Waals surface area contributed by atoms with Gasteiger partial charge in [0.25, 0.3) is 0 Å². The number of esters is 3. The van der Waals surface area contributed by atoms with Crippen molar-refractivity contribution in [1.82, 2.24) is 0 Å². The normalized spacial score (nSPS) is 43.2. The molecule has 0 aromatic heterocycles. The Balaban J connectivity index is 1.62. The van der Waals surface area contributed by atoms with Gasteiger partial charge in [0.2, 0.25) is 0 Å². The average molecular weight is 521 g/mol. The third kappa shape index (κ3) is 4.62. The fourth-order valence-electron chi connectivity index (χ4n) is 8.87. The Morgan fingerprint density at radius 2 is 1.54 bits per heavy atom. The van der Waals surface area contributed by atoms with E-state index in [1.807, 2.05) is 0 Å². The molecule has 0 radical (unpaired) electrons. The predicted octanol–water partition coefficient (Wildman–Crippen LogP) is 3.86. The highest BCUT2D eigenvalue weighted by molar-refractivity contribution is 5.83. The molecule has 0 spiro atoms. The molecule has 8 atom stereocenters. The Morgan fingerprint density at radius 3 is 2.19 bits per heavy atom. The molecule has 0 aromatic carbocycles. The second-order valence-electron chi connectivity index (χ2n) is 12.4. The van der Waals surface area contributed by atoms with Crippen molar-refractivity contribution in [2.75, 3.05) is 13.2 Å². The summed E-state index contributed by atoms with van der Waals surface area (Å²) in [5, 5.41) is 24.3. The molecule has 0 bridgehead atoms. The molecule has 8 heteroatoms. The molecule has 4 rings (SSSR count). The van der Waals surface area contributed by atoms with Gasteiger partial charge in [-0.25, -0.2) is 4.79 Å². The van der Waals surface area contributed by atoms with Gasteiger partial charge in [-0.2, -0.15) is 0 Å². The number of aliphatic hydroxyl groups is 2. The lowest BCUT2D eigenvalue weighted by Gasteiger charge is -2.66. The fourth-order valence-corrected chi connectivity index (χ4v) is 8.87. The van der Waals surface area contributed by atoms with E-state index in [1.165, 1.54) is 19.9 Å². The maximum atomic E-state index is 12.5. The van der Waals surface area contributed by atoms with E-state index in [0.717, 1.165) is 25.7 Å². The Morgan fingerprint density at radius 1 is 0.865 bits per heavy atom. The average Bonchev–Trinajstić information content (AvgIpc) is 3.08. The third-order valence-electron chi connectivity index (χ3n) is 10.8. The van der Waals surface area contributed by atoms with E-state index in [2.05, 4.69) is 13.8 Å². The zero-order valence-electron chi connectivity index (χ0n) is 23.0. The summed E-state index contributed by atoms with van der Waals surface area (Å²) in [7, 11) is 0. The number of carbonyl (C=O) groups is 3. The maximum Gasteiger partial charge on any atom is 0.330 e. The number of carbonyl (C=O) groups excluding carboxylic acids is 3. The summed E-state index contributed by atoms with van der Waals surface area (Å²) in [6, 6.07) is 0. The van der Waals surface area contributed by atoms with Crippen molar-refractivity contribution in [2.45, 2.75) is 110 Å². The first-order valence-corrected chi connectivity index (χ1v) is 13.9. The summed E-state index contributed by atoms with van der Waals surface area (Å²) in [6.45, 7) is 9.06. The van der Waals surface area contributed by atoms with E-state index in [1.54, 1.807) is 6.92 Å². The van der Waals surface area contributed by atoms with Crippen molar-refractivity contribution in [2.24, 2.45) is 28.6 Å². The molecule has 8 nitrogen and oxygen atoms in total. The van der Waals surface area contributed by atoms with E-state index in [4.69, 9.17) is 14.2 Å². The van der Waals surface area contributed by atoms with Crippen LogP contribution in [0.1, 0.15) is 92.4 Å². The van der Waals surface area contributed by atoms with Crippen LogP contribution in [0.25, 0.3) is 0 Å². The Hall–Kier alpha value is -1.93. The van der Waals surface area contributed by atoms with Gasteiger partial charge >= 0.3 is 17.9 Å². The first-order valence-electron chi connectivity index (χ1n) is 13.9. The third-order valence-corrected chi connectivity index (χ3v) is 10.8. The molecule has 0 saturated heterocycles. The van der Waals surface area contributed by atoms with Crippen LogP contribution in [-0.2, 0) is 28.6 Å². The molecular weight excluding hydrogens is 476 g/mol. The predicted molar refractivity (Wildman–Crippen MR) is 135 cm³/mol. The molecule has 4 saturated carbocycles. The van der Waals surface area contributed by atoms with Crippen molar-refractivity contribution in [3.8, 4) is 0 Å². The van der Waals surface area contributed by atoms with Crippen LogP contribution in [0.15, 0.2) is 11.6 Å². The second-order valence-corrected chi connectivity index (χ2v) is 12.4. The first kappa shape index (κ1) is 28.1. The van der Waals surface area contributed by atoms with Crippen LogP contribution in [0, 0.1) is 28.6 Å². The first-order chi connectivity index (χ1) is 17.3. The Bertz CT molecular complexity index is 960. The highest BCUT2D eigenvalue weighted by Gasteiger charge is 2.70. The molecule has 0 aliphatic heterocycles. The lowest BCUT2D eigenvalue weighted by Crippen LogP contribution is -2.67. The molecule has 37 heavy (non-hydrogen) atoms. The summed E-state index contributed by atoms with van der Waals surface area (Å²) in [5.41, 5.74) is -2.05. The SMILES string of the molecule is CCOC(=O)C=C(COC(C)=O)[C@H]1CC[C@]2(O)[C@@H]3CC[C@]4(O)C[C@@H](OC(C)=O)CC[C@]4(C)[C@H]3CC[C@]12C. The molecule has 0 aromatic rings. The van der Waals surface area contributed by atoms with Crippen LogP contribution < -0.4 is 0 Å². The minimum atomic E-state index is -0.957. The number of fused-ring (bicyclic) bond motifs is 5. The standard InChI is InChI=1S/C29H44O8/c1-6-35-25(32)15-20(17-36-18(2)30)22-10-14-29(34)24-9-13-28(33)16-21(37-19(3)31)7-11-26(28,4)23(24)8-12-27(22,29)5/h15,21-24,33-34H,6-14,16-17H2,1-5H3/t21-,22+,23-,24+,26+,27+,28-,29-/m0/s1. The van der Waals surface area contributed by atoms with E-state index < -0.39 is 28.6 Å². The Kier molecular flexibility index (Phi) is 7.58. The van der Waals surface area contributed by atoms with Gasteiger partial charge in [0, 0.05) is 31.8 Å². The topological polar surface area (TPSA) is 119 Å². The number of hydrogen-bond acceptors (Lipinski definition) is 8. The van der Waals surface area contributed by atoms with Crippen molar-refractivity contribution >= 4 is 17.9 Å². The van der Waals surface area contributed by atoms with Crippen LogP contribution in [0.5, 0.6) is 0 Å². The molecule has 0 amide bonds. The molecule has 4 aliphatic rings. The molecule has 4 fully saturated rings. The quantitative estimate of drug-likeness (QED) is 0.308. The van der Waals surface area contributed by atoms with Gasteiger partial charge in [-0.05, 0) is 87.0 Å². The van der Waals surface area contributed by atoms with Crippen LogP contribution in [0.4, 0.5) is 0 Å². The largest absolute Gasteiger partial charge is 0.463 e. The van der Waals surface area contributed by atoms with Gasteiger partial charge < -0.3 is 24.4 Å². The monoisotopic (exact) mass is 520 g/mol. The lowest BCUT2D eigenvalue weighted by molar-refractivity contribution is -0.256. The van der Waals surface area contributed by atoms with Gasteiger partial charge in [-0.15, -0.1) is 0 Å². The minimum absolute atomic E-state index is 0.00752. The van der Waals surface area contributed by atoms with Crippen molar-refractivity contribution in [3.05, 3.63) is 11.6 Å². The molecule has 2 N–H and O–H groups in total. The number of hydrogen-bond donors (Lipinski definition) is 2. The van der Waals surface area contributed by atoms with E-state index in [0.29, 0.717) is 37.7 Å². The maximum absolute atomic E-state index is 12.5. The van der Waals surface area contributed by atoms with Gasteiger partial charge in [-0.3, -0.25) is 9.59 Å². The van der Waals surface area contributed by atoms with Gasteiger partial charge in [0.05, 0.1) is 17.8 Å². The molecule has 0 heterocycles. The molecule has 208 valence electrons. The van der Waals surface area contributed by atoms with Gasteiger partial charge in [-0.1, -0.05) is 13.8 Å². The highest BCUT2D eigenvalue weighted by Crippen LogP contribution is 2.70. The van der Waals surface area contributed by atoms with Crippen LogP contribution >= 0.6 is 0 Å². The summed E-state index contributed by atoms with van der Waals surface area (Å²) in [4.78, 5) is 35.6. The summed E-state index contributed by atoms with van der Waals surface area (Å²) in [5.74, 6) is -1.14. The lowest BCUT2D eigenvalue weighted by atomic mass is 9.42. The Labute approximate surface area is 220 Å². The minimum Gasteiger partial charge on any atom is -0.463 e. The van der Waals surface area contributed by atoms with E-state index in [9.17, 15) is 24.6 Å². The molecular formula is C29H44O8. The van der Waals surface area contributed by atoms with Crippen LogP contribution in [-0.4, -0.2) is 58.6 Å².